The second kappa shape index (κ2) is 5.34. The van der Waals surface area contributed by atoms with Gasteiger partial charge >= 0.3 is 11.9 Å². The van der Waals surface area contributed by atoms with Gasteiger partial charge in [-0.2, -0.15) is 0 Å². The molecule has 0 bridgehead atoms. The number of hydrogen-bond acceptors (Lipinski definition) is 6. The van der Waals surface area contributed by atoms with Crippen LogP contribution in [0.3, 0.4) is 0 Å². The first-order valence-corrected chi connectivity index (χ1v) is 4.98. The molecule has 1 aromatic rings. The molecule has 1 aromatic carbocycles. The minimum absolute atomic E-state index is 0.0788. The Kier molecular flexibility index (Phi) is 4.05. The standard InChI is InChI=1S/C11H13NO7/c1-17-7-5(11(15)16)4(10(13)14)6(12)8(18-2)9(7)19-3/h12H2,1-3H3,(H,13,14)(H,15,16). The third kappa shape index (κ3) is 2.19. The molecule has 0 unspecified atom stereocenters. The maximum absolute atomic E-state index is 11.2. The summed E-state index contributed by atoms with van der Waals surface area (Å²) in [5.41, 5.74) is 4.08. The Hall–Kier alpha value is -2.64. The molecule has 0 atom stereocenters. The van der Waals surface area contributed by atoms with E-state index in [4.69, 9.17) is 30.2 Å². The van der Waals surface area contributed by atoms with Gasteiger partial charge in [-0.3, -0.25) is 0 Å². The van der Waals surface area contributed by atoms with Crippen LogP contribution in [0.2, 0.25) is 0 Å². The summed E-state index contributed by atoms with van der Waals surface area (Å²) in [5.74, 6) is -3.44. The van der Waals surface area contributed by atoms with E-state index in [-0.39, 0.29) is 22.9 Å². The number of carboxylic acid groups (broad SMARTS) is 2. The fourth-order valence-electron chi connectivity index (χ4n) is 1.71. The summed E-state index contributed by atoms with van der Waals surface area (Å²) in [4.78, 5) is 22.4. The summed E-state index contributed by atoms with van der Waals surface area (Å²) in [5, 5.41) is 18.2. The van der Waals surface area contributed by atoms with Crippen molar-refractivity contribution in [1.29, 1.82) is 0 Å². The average molecular weight is 271 g/mol. The molecule has 0 aromatic heterocycles. The zero-order valence-corrected chi connectivity index (χ0v) is 10.5. The fourth-order valence-corrected chi connectivity index (χ4v) is 1.71. The van der Waals surface area contributed by atoms with E-state index in [0.717, 1.165) is 0 Å². The maximum atomic E-state index is 11.2. The van der Waals surface area contributed by atoms with Crippen molar-refractivity contribution in [1.82, 2.24) is 0 Å². The molecule has 4 N–H and O–H groups in total. The van der Waals surface area contributed by atoms with Gasteiger partial charge in [-0.25, -0.2) is 9.59 Å². The second-order valence-electron chi connectivity index (χ2n) is 3.37. The molecular weight excluding hydrogens is 258 g/mol. The van der Waals surface area contributed by atoms with E-state index < -0.39 is 23.1 Å². The van der Waals surface area contributed by atoms with E-state index in [1.54, 1.807) is 0 Å². The van der Waals surface area contributed by atoms with Crippen LogP contribution >= 0.6 is 0 Å². The molecule has 8 heteroatoms. The van der Waals surface area contributed by atoms with Crippen LogP contribution in [-0.4, -0.2) is 43.5 Å². The van der Waals surface area contributed by atoms with Gasteiger partial charge in [-0.05, 0) is 0 Å². The Morgan fingerprint density at radius 3 is 1.58 bits per heavy atom. The Balaban J connectivity index is 3.93. The van der Waals surface area contributed by atoms with Crippen LogP contribution in [-0.2, 0) is 0 Å². The van der Waals surface area contributed by atoms with Gasteiger partial charge in [0.2, 0.25) is 5.75 Å². The first kappa shape index (κ1) is 14.4. The molecular formula is C11H13NO7. The van der Waals surface area contributed by atoms with Crippen molar-refractivity contribution in [3.63, 3.8) is 0 Å². The molecule has 0 aliphatic rings. The summed E-state index contributed by atoms with van der Waals surface area (Å²) < 4.78 is 14.8. The molecule has 19 heavy (non-hydrogen) atoms. The van der Waals surface area contributed by atoms with Crippen LogP contribution < -0.4 is 19.9 Å². The Bertz CT molecular complexity index is 539. The molecule has 104 valence electrons. The maximum Gasteiger partial charge on any atom is 0.340 e. The van der Waals surface area contributed by atoms with Crippen molar-refractivity contribution in [2.45, 2.75) is 0 Å². The normalized spacial score (nSPS) is 9.84. The van der Waals surface area contributed by atoms with E-state index in [2.05, 4.69) is 0 Å². The Labute approximate surface area is 108 Å². The number of nitrogens with two attached hydrogens (primary N) is 1. The van der Waals surface area contributed by atoms with Gasteiger partial charge in [0.15, 0.2) is 11.5 Å². The first-order chi connectivity index (χ1) is 8.90. The van der Waals surface area contributed by atoms with Crippen molar-refractivity contribution in [3.05, 3.63) is 11.1 Å². The number of benzene rings is 1. The topological polar surface area (TPSA) is 128 Å². The van der Waals surface area contributed by atoms with Gasteiger partial charge < -0.3 is 30.2 Å². The van der Waals surface area contributed by atoms with Crippen molar-refractivity contribution in [3.8, 4) is 17.2 Å². The number of carboxylic acids is 2. The predicted molar refractivity (Wildman–Crippen MR) is 64.4 cm³/mol. The van der Waals surface area contributed by atoms with E-state index >= 15 is 0 Å². The molecule has 8 nitrogen and oxygen atoms in total. The second-order valence-corrected chi connectivity index (χ2v) is 3.37. The van der Waals surface area contributed by atoms with Gasteiger partial charge in [0.05, 0.1) is 27.0 Å². The van der Waals surface area contributed by atoms with Crippen LogP contribution in [0.25, 0.3) is 0 Å². The highest BCUT2D eigenvalue weighted by Gasteiger charge is 2.32. The van der Waals surface area contributed by atoms with Crippen LogP contribution in [0.15, 0.2) is 0 Å². The number of ether oxygens (including phenoxy) is 3. The summed E-state index contributed by atoms with van der Waals surface area (Å²) in [6, 6.07) is 0. The van der Waals surface area contributed by atoms with E-state index in [1.807, 2.05) is 0 Å². The molecule has 0 spiro atoms. The smallest absolute Gasteiger partial charge is 0.340 e. The molecule has 0 fully saturated rings. The van der Waals surface area contributed by atoms with Crippen molar-refractivity contribution >= 4 is 17.6 Å². The zero-order valence-electron chi connectivity index (χ0n) is 10.5. The first-order valence-electron chi connectivity index (χ1n) is 4.98. The lowest BCUT2D eigenvalue weighted by Gasteiger charge is -2.18. The van der Waals surface area contributed by atoms with Gasteiger partial charge in [0.25, 0.3) is 0 Å². The molecule has 0 saturated heterocycles. The predicted octanol–water partition coefficient (Wildman–Crippen LogP) is 0.691. The van der Waals surface area contributed by atoms with Gasteiger partial charge in [-0.1, -0.05) is 0 Å². The monoisotopic (exact) mass is 271 g/mol. The highest BCUT2D eigenvalue weighted by Crippen LogP contribution is 2.46. The summed E-state index contributed by atoms with van der Waals surface area (Å²) in [6.07, 6.45) is 0. The van der Waals surface area contributed by atoms with Crippen molar-refractivity contribution in [2.24, 2.45) is 0 Å². The minimum Gasteiger partial charge on any atom is -0.492 e. The van der Waals surface area contributed by atoms with E-state index in [9.17, 15) is 9.59 Å². The van der Waals surface area contributed by atoms with Gasteiger partial charge in [0.1, 0.15) is 11.1 Å². The number of aromatic carboxylic acids is 2. The van der Waals surface area contributed by atoms with E-state index in [0.29, 0.717) is 0 Å². The largest absolute Gasteiger partial charge is 0.492 e. The number of methoxy groups -OCH3 is 3. The SMILES string of the molecule is COc1c(N)c(C(=O)O)c(C(=O)O)c(OC)c1OC. The molecule has 1 rings (SSSR count). The summed E-state index contributed by atoms with van der Waals surface area (Å²) in [7, 11) is 3.69. The third-order valence-corrected chi connectivity index (χ3v) is 2.44. The summed E-state index contributed by atoms with van der Waals surface area (Å²) in [6.45, 7) is 0. The minimum atomic E-state index is -1.51. The summed E-state index contributed by atoms with van der Waals surface area (Å²) >= 11 is 0. The quantitative estimate of drug-likeness (QED) is 0.667. The number of carbonyl (C=O) groups is 2. The lowest BCUT2D eigenvalue weighted by molar-refractivity contribution is 0.0648. The zero-order chi connectivity index (χ0) is 14.7. The lowest BCUT2D eigenvalue weighted by atomic mass is 10.0. The molecule has 0 amide bonds. The Morgan fingerprint density at radius 1 is 0.842 bits per heavy atom. The molecule has 0 heterocycles. The highest BCUT2D eigenvalue weighted by molar-refractivity contribution is 6.09. The van der Waals surface area contributed by atoms with Gasteiger partial charge in [0, 0.05) is 0 Å². The number of nitrogen functional groups attached to an aromatic ring is 1. The third-order valence-electron chi connectivity index (χ3n) is 2.44. The molecule has 0 aliphatic carbocycles. The Morgan fingerprint density at radius 2 is 1.26 bits per heavy atom. The molecule has 0 radical (unpaired) electrons. The van der Waals surface area contributed by atoms with Gasteiger partial charge in [-0.15, -0.1) is 0 Å². The lowest BCUT2D eigenvalue weighted by Crippen LogP contribution is -2.15. The van der Waals surface area contributed by atoms with Crippen LogP contribution in [0.5, 0.6) is 17.2 Å². The molecule has 0 saturated carbocycles. The van der Waals surface area contributed by atoms with Crippen LogP contribution in [0, 0.1) is 0 Å². The van der Waals surface area contributed by atoms with E-state index in [1.165, 1.54) is 21.3 Å². The number of anilines is 1. The van der Waals surface area contributed by atoms with Crippen molar-refractivity contribution in [2.75, 3.05) is 27.1 Å². The van der Waals surface area contributed by atoms with Crippen LogP contribution in [0.4, 0.5) is 5.69 Å². The van der Waals surface area contributed by atoms with Crippen molar-refractivity contribution < 1.29 is 34.0 Å². The highest BCUT2D eigenvalue weighted by atomic mass is 16.5. The molecule has 0 aliphatic heterocycles. The average Bonchev–Trinajstić information content (AvgIpc) is 2.35. The fraction of sp³-hybridized carbons (Fsp3) is 0.273. The number of hydrogen-bond donors (Lipinski definition) is 3. The number of rotatable bonds is 5. The van der Waals surface area contributed by atoms with Crippen LogP contribution in [0.1, 0.15) is 20.7 Å².